The van der Waals surface area contributed by atoms with Crippen molar-refractivity contribution in [2.45, 2.75) is 56.5 Å². The number of hydrogen-bond acceptors (Lipinski definition) is 4. The normalized spacial score (nSPS) is 24.2. The van der Waals surface area contributed by atoms with Crippen LogP contribution in [0.25, 0.3) is 0 Å². The first kappa shape index (κ1) is 14.8. The first-order valence-electron chi connectivity index (χ1n) is 5.84. The highest BCUT2D eigenvalue weighted by Crippen LogP contribution is 2.34. The van der Waals surface area contributed by atoms with Gasteiger partial charge < -0.3 is 10.8 Å². The van der Waals surface area contributed by atoms with Crippen molar-refractivity contribution in [3.8, 4) is 0 Å². The van der Waals surface area contributed by atoms with Gasteiger partial charge in [0, 0.05) is 11.1 Å². The molecule has 1 rings (SSSR count). The summed E-state index contributed by atoms with van der Waals surface area (Å²) in [6, 6.07) is 0. The molecule has 5 N–H and O–H groups in total. The van der Waals surface area contributed by atoms with Gasteiger partial charge in [0.2, 0.25) is 0 Å². The largest absolute Gasteiger partial charge is 0.394 e. The molecular formula is C10H22N2O4S. The Kier molecular flexibility index (Phi) is 4.54. The molecule has 0 saturated heterocycles. The maximum Gasteiger partial charge on any atom is 0.333 e. The van der Waals surface area contributed by atoms with Crippen molar-refractivity contribution in [2.24, 2.45) is 5.73 Å². The van der Waals surface area contributed by atoms with Crippen molar-refractivity contribution in [1.29, 1.82) is 0 Å². The predicted octanol–water partition coefficient (Wildman–Crippen LogP) is 0.181. The average Bonchev–Trinajstić information content (AvgIpc) is 2.15. The molecule has 0 bridgehead atoms. The van der Waals surface area contributed by atoms with Crippen LogP contribution in [0.5, 0.6) is 0 Å². The van der Waals surface area contributed by atoms with E-state index < -0.39 is 21.4 Å². The molecule has 0 spiro atoms. The third-order valence-corrected chi connectivity index (χ3v) is 3.95. The lowest BCUT2D eigenvalue weighted by Gasteiger charge is -2.41. The lowest BCUT2D eigenvalue weighted by Crippen LogP contribution is -2.57. The van der Waals surface area contributed by atoms with Crippen molar-refractivity contribution >= 4 is 10.3 Å². The molecule has 0 radical (unpaired) electrons. The molecule has 1 aliphatic carbocycles. The van der Waals surface area contributed by atoms with Gasteiger partial charge in [0.25, 0.3) is 0 Å². The molecule has 102 valence electrons. The highest BCUT2D eigenvalue weighted by atomic mass is 32.2. The SMILES string of the molecule is CC(N)(CO)CC1(NS(=O)(=O)O)CCCCC1. The Hall–Kier alpha value is -0.210. The average molecular weight is 266 g/mol. The fraction of sp³-hybridized carbons (Fsp3) is 1.00. The highest BCUT2D eigenvalue weighted by Gasteiger charge is 2.40. The number of aliphatic hydroxyl groups excluding tert-OH is 1. The summed E-state index contributed by atoms with van der Waals surface area (Å²) in [7, 11) is -4.25. The smallest absolute Gasteiger partial charge is 0.333 e. The van der Waals surface area contributed by atoms with E-state index in [1.807, 2.05) is 0 Å². The minimum absolute atomic E-state index is 0.220. The summed E-state index contributed by atoms with van der Waals surface area (Å²) in [6.07, 6.45) is 4.43. The topological polar surface area (TPSA) is 113 Å². The van der Waals surface area contributed by atoms with Crippen LogP contribution < -0.4 is 10.5 Å². The fourth-order valence-electron chi connectivity index (χ4n) is 2.65. The second kappa shape index (κ2) is 5.19. The number of nitrogens with one attached hydrogen (secondary N) is 1. The van der Waals surface area contributed by atoms with E-state index in [0.29, 0.717) is 19.3 Å². The maximum atomic E-state index is 11.0. The number of rotatable bonds is 5. The molecule has 1 unspecified atom stereocenters. The standard InChI is InChI=1S/C10H22N2O4S/c1-9(11,8-13)7-10(12-17(14,15)16)5-3-2-4-6-10/h12-13H,2-8,11H2,1H3,(H,14,15,16). The van der Waals surface area contributed by atoms with Crippen molar-refractivity contribution in [3.05, 3.63) is 0 Å². The van der Waals surface area contributed by atoms with Gasteiger partial charge in [-0.05, 0) is 26.2 Å². The Morgan fingerprint density at radius 2 is 1.88 bits per heavy atom. The molecule has 1 fully saturated rings. The Balaban J connectivity index is 2.86. The van der Waals surface area contributed by atoms with Gasteiger partial charge in [0.05, 0.1) is 6.61 Å². The van der Waals surface area contributed by atoms with E-state index >= 15 is 0 Å². The van der Waals surface area contributed by atoms with E-state index in [0.717, 1.165) is 19.3 Å². The first-order valence-corrected chi connectivity index (χ1v) is 7.28. The van der Waals surface area contributed by atoms with E-state index in [4.69, 9.17) is 10.3 Å². The summed E-state index contributed by atoms with van der Waals surface area (Å²) >= 11 is 0. The second-order valence-corrected chi connectivity index (χ2v) is 6.56. The number of nitrogens with two attached hydrogens (primary N) is 1. The Morgan fingerprint density at radius 3 is 2.29 bits per heavy atom. The van der Waals surface area contributed by atoms with Crippen LogP contribution in [0, 0.1) is 0 Å². The van der Waals surface area contributed by atoms with Crippen molar-refractivity contribution in [1.82, 2.24) is 4.72 Å². The van der Waals surface area contributed by atoms with Gasteiger partial charge in [-0.25, -0.2) is 0 Å². The molecule has 0 amide bonds. The van der Waals surface area contributed by atoms with E-state index in [9.17, 15) is 13.5 Å². The van der Waals surface area contributed by atoms with Crippen LogP contribution in [0.3, 0.4) is 0 Å². The summed E-state index contributed by atoms with van der Waals surface area (Å²) < 4.78 is 33.3. The summed E-state index contributed by atoms with van der Waals surface area (Å²) in [5, 5.41) is 9.17. The zero-order valence-corrected chi connectivity index (χ0v) is 11.0. The molecule has 6 nitrogen and oxygen atoms in total. The van der Waals surface area contributed by atoms with Crippen LogP contribution in [-0.4, -0.2) is 35.8 Å². The van der Waals surface area contributed by atoms with Gasteiger partial charge >= 0.3 is 10.3 Å². The van der Waals surface area contributed by atoms with E-state index in [2.05, 4.69) is 4.72 Å². The van der Waals surface area contributed by atoms with Gasteiger partial charge in [-0.15, -0.1) is 0 Å². The zero-order chi connectivity index (χ0) is 13.2. The quantitative estimate of drug-likeness (QED) is 0.530. The highest BCUT2D eigenvalue weighted by molar-refractivity contribution is 7.83. The van der Waals surface area contributed by atoms with E-state index in [1.54, 1.807) is 6.92 Å². The maximum absolute atomic E-state index is 11.0. The third-order valence-electron chi connectivity index (χ3n) is 3.26. The number of hydrogen-bond donors (Lipinski definition) is 4. The summed E-state index contributed by atoms with van der Waals surface area (Å²) in [5.41, 5.74) is 4.31. The van der Waals surface area contributed by atoms with Gasteiger partial charge in [-0.1, -0.05) is 19.3 Å². The van der Waals surface area contributed by atoms with Crippen LogP contribution in [0.2, 0.25) is 0 Å². The summed E-state index contributed by atoms with van der Waals surface area (Å²) in [6.45, 7) is 1.46. The van der Waals surface area contributed by atoms with Gasteiger partial charge in [-0.3, -0.25) is 4.55 Å². The molecule has 0 aromatic rings. The van der Waals surface area contributed by atoms with Crippen molar-refractivity contribution in [2.75, 3.05) is 6.61 Å². The zero-order valence-electron chi connectivity index (χ0n) is 10.1. The monoisotopic (exact) mass is 266 g/mol. The molecule has 1 atom stereocenters. The molecule has 17 heavy (non-hydrogen) atoms. The van der Waals surface area contributed by atoms with Crippen LogP contribution in [-0.2, 0) is 10.3 Å². The Labute approximate surface area is 102 Å². The Bertz CT molecular complexity index is 347. The predicted molar refractivity (Wildman–Crippen MR) is 64.8 cm³/mol. The van der Waals surface area contributed by atoms with Crippen molar-refractivity contribution in [3.63, 3.8) is 0 Å². The summed E-state index contributed by atoms with van der Waals surface area (Å²) in [5.74, 6) is 0. The minimum Gasteiger partial charge on any atom is -0.394 e. The summed E-state index contributed by atoms with van der Waals surface area (Å²) in [4.78, 5) is 0. The first-order chi connectivity index (χ1) is 7.68. The molecule has 7 heteroatoms. The van der Waals surface area contributed by atoms with E-state index in [-0.39, 0.29) is 6.61 Å². The second-order valence-electron chi connectivity index (χ2n) is 5.41. The van der Waals surface area contributed by atoms with Gasteiger partial charge in [-0.2, -0.15) is 13.1 Å². The molecular weight excluding hydrogens is 244 g/mol. The molecule has 0 aromatic heterocycles. The third kappa shape index (κ3) is 4.89. The lowest BCUT2D eigenvalue weighted by molar-refractivity contribution is 0.140. The lowest BCUT2D eigenvalue weighted by atomic mass is 9.75. The van der Waals surface area contributed by atoms with Crippen LogP contribution in [0.15, 0.2) is 0 Å². The van der Waals surface area contributed by atoms with Gasteiger partial charge in [0.15, 0.2) is 0 Å². The molecule has 1 aliphatic rings. The fourth-order valence-corrected chi connectivity index (χ4v) is 3.47. The molecule has 1 saturated carbocycles. The molecule has 0 aliphatic heterocycles. The molecule has 0 aromatic carbocycles. The van der Waals surface area contributed by atoms with Gasteiger partial charge in [0.1, 0.15) is 0 Å². The van der Waals surface area contributed by atoms with Crippen LogP contribution in [0.1, 0.15) is 45.4 Å². The van der Waals surface area contributed by atoms with Crippen molar-refractivity contribution < 1.29 is 18.1 Å². The van der Waals surface area contributed by atoms with E-state index in [1.165, 1.54) is 0 Å². The van der Waals surface area contributed by atoms with Crippen LogP contribution >= 0.6 is 0 Å². The number of aliphatic hydroxyl groups is 1. The van der Waals surface area contributed by atoms with Crippen LogP contribution in [0.4, 0.5) is 0 Å². The Morgan fingerprint density at radius 1 is 1.35 bits per heavy atom. The minimum atomic E-state index is -4.25. The molecule has 0 heterocycles.